The van der Waals surface area contributed by atoms with E-state index >= 15 is 0 Å². The topological polar surface area (TPSA) is 29.5 Å². The number of aliphatic hydroxyl groups excluding tert-OH is 1. The molecule has 2 aromatic carbocycles. The highest BCUT2D eigenvalue weighted by atomic mass is 35.5. The van der Waals surface area contributed by atoms with Gasteiger partial charge in [-0.1, -0.05) is 23.2 Å². The van der Waals surface area contributed by atoms with E-state index in [4.69, 9.17) is 27.9 Å². The van der Waals surface area contributed by atoms with Crippen molar-refractivity contribution in [1.29, 1.82) is 0 Å². The molecule has 5 heteroatoms. The number of halogens is 3. The van der Waals surface area contributed by atoms with Gasteiger partial charge in [-0.25, -0.2) is 4.39 Å². The van der Waals surface area contributed by atoms with E-state index in [1.165, 1.54) is 18.2 Å². The molecule has 2 aromatic rings. The Kier molecular flexibility index (Phi) is 4.86. The van der Waals surface area contributed by atoms with Crippen LogP contribution in [-0.4, -0.2) is 5.11 Å². The lowest BCUT2D eigenvalue weighted by molar-refractivity contribution is 0.190. The van der Waals surface area contributed by atoms with Crippen molar-refractivity contribution in [2.75, 3.05) is 0 Å². The Bertz CT molecular complexity index is 615. The normalized spacial score (nSPS) is 12.2. The molecule has 0 spiro atoms. The van der Waals surface area contributed by atoms with Crippen LogP contribution in [0.1, 0.15) is 24.2 Å². The lowest BCUT2D eigenvalue weighted by atomic mass is 10.1. The van der Waals surface area contributed by atoms with Crippen LogP contribution in [0.15, 0.2) is 36.4 Å². The number of hydrogen-bond acceptors (Lipinski definition) is 2. The van der Waals surface area contributed by atoms with Crippen molar-refractivity contribution in [3.05, 3.63) is 63.4 Å². The Morgan fingerprint density at radius 2 is 1.95 bits per heavy atom. The third kappa shape index (κ3) is 3.63. The van der Waals surface area contributed by atoms with Gasteiger partial charge in [0.15, 0.2) is 0 Å². The summed E-state index contributed by atoms with van der Waals surface area (Å²) in [5, 5.41) is 10.7. The molecule has 1 unspecified atom stereocenters. The van der Waals surface area contributed by atoms with Crippen LogP contribution in [0.25, 0.3) is 0 Å². The molecule has 1 atom stereocenters. The Morgan fingerprint density at radius 1 is 1.20 bits per heavy atom. The first-order valence-electron chi connectivity index (χ1n) is 6.01. The van der Waals surface area contributed by atoms with Crippen molar-refractivity contribution in [2.45, 2.75) is 19.6 Å². The molecule has 20 heavy (non-hydrogen) atoms. The van der Waals surface area contributed by atoms with E-state index in [-0.39, 0.29) is 12.4 Å². The van der Waals surface area contributed by atoms with E-state index in [0.29, 0.717) is 21.2 Å². The highest BCUT2D eigenvalue weighted by molar-refractivity contribution is 6.33. The van der Waals surface area contributed by atoms with Crippen LogP contribution < -0.4 is 4.74 Å². The van der Waals surface area contributed by atoms with Crippen molar-refractivity contribution in [2.24, 2.45) is 0 Å². The summed E-state index contributed by atoms with van der Waals surface area (Å²) in [5.41, 5.74) is 1.21. The molecule has 0 bridgehead atoms. The van der Waals surface area contributed by atoms with Gasteiger partial charge < -0.3 is 9.84 Å². The summed E-state index contributed by atoms with van der Waals surface area (Å²) < 4.78 is 18.8. The van der Waals surface area contributed by atoms with Gasteiger partial charge in [-0.2, -0.15) is 0 Å². The highest BCUT2D eigenvalue weighted by Gasteiger charge is 2.11. The van der Waals surface area contributed by atoms with E-state index in [0.717, 1.165) is 0 Å². The molecule has 106 valence electrons. The second-order valence-electron chi connectivity index (χ2n) is 4.38. The first-order chi connectivity index (χ1) is 9.47. The Hall–Kier alpha value is -1.29. The quantitative estimate of drug-likeness (QED) is 0.881. The maximum atomic E-state index is 13.3. The van der Waals surface area contributed by atoms with Gasteiger partial charge in [0.05, 0.1) is 6.10 Å². The summed E-state index contributed by atoms with van der Waals surface area (Å²) in [7, 11) is 0. The van der Waals surface area contributed by atoms with Gasteiger partial charge >= 0.3 is 0 Å². The van der Waals surface area contributed by atoms with Gasteiger partial charge in [-0.15, -0.1) is 0 Å². The van der Waals surface area contributed by atoms with E-state index in [1.807, 2.05) is 0 Å². The second kappa shape index (κ2) is 6.44. The minimum atomic E-state index is -0.750. The monoisotopic (exact) mass is 314 g/mol. The molecular formula is C15H13Cl2FO2. The van der Waals surface area contributed by atoms with Gasteiger partial charge in [0.25, 0.3) is 0 Å². The van der Waals surface area contributed by atoms with Crippen LogP contribution in [0.5, 0.6) is 5.75 Å². The third-order valence-electron chi connectivity index (χ3n) is 2.82. The molecule has 0 aliphatic heterocycles. The zero-order chi connectivity index (χ0) is 14.7. The minimum Gasteiger partial charge on any atom is -0.488 e. The van der Waals surface area contributed by atoms with Crippen molar-refractivity contribution in [3.8, 4) is 5.75 Å². The Balaban J connectivity index is 2.22. The third-order valence-corrected chi connectivity index (χ3v) is 3.42. The molecule has 2 nitrogen and oxygen atoms in total. The molecule has 0 saturated carbocycles. The van der Waals surface area contributed by atoms with Crippen LogP contribution in [-0.2, 0) is 6.61 Å². The lowest BCUT2D eigenvalue weighted by Crippen LogP contribution is -2.02. The first kappa shape index (κ1) is 15.1. The van der Waals surface area contributed by atoms with Gasteiger partial charge in [-0.3, -0.25) is 0 Å². The molecule has 0 amide bonds. The SMILES string of the molecule is CC(O)c1ccc(F)cc1OCc1cc(Cl)ccc1Cl. The van der Waals surface area contributed by atoms with Crippen LogP contribution in [0.3, 0.4) is 0 Å². The van der Waals surface area contributed by atoms with Crippen LogP contribution in [0, 0.1) is 5.82 Å². The molecule has 0 heterocycles. The average molecular weight is 315 g/mol. The highest BCUT2D eigenvalue weighted by Crippen LogP contribution is 2.28. The maximum absolute atomic E-state index is 13.3. The number of hydrogen-bond donors (Lipinski definition) is 1. The predicted octanol–water partition coefficient (Wildman–Crippen LogP) is 4.76. The summed E-state index contributed by atoms with van der Waals surface area (Å²) in [5.74, 6) is -0.141. The fourth-order valence-corrected chi connectivity index (χ4v) is 2.15. The molecule has 0 aromatic heterocycles. The molecule has 0 fully saturated rings. The number of aliphatic hydroxyl groups is 1. The van der Waals surface area contributed by atoms with Crippen LogP contribution in [0.4, 0.5) is 4.39 Å². The second-order valence-corrected chi connectivity index (χ2v) is 5.23. The zero-order valence-electron chi connectivity index (χ0n) is 10.7. The molecule has 0 aliphatic carbocycles. The summed E-state index contributed by atoms with van der Waals surface area (Å²) in [4.78, 5) is 0. The molecule has 0 aliphatic rings. The molecule has 1 N–H and O–H groups in total. The predicted molar refractivity (Wildman–Crippen MR) is 77.8 cm³/mol. The minimum absolute atomic E-state index is 0.141. The van der Waals surface area contributed by atoms with Crippen molar-refractivity contribution >= 4 is 23.2 Å². The number of rotatable bonds is 4. The average Bonchev–Trinajstić information content (AvgIpc) is 2.39. The van der Waals surface area contributed by atoms with Gasteiger partial charge in [-0.05, 0) is 37.3 Å². The van der Waals surface area contributed by atoms with Gasteiger partial charge in [0, 0.05) is 27.2 Å². The zero-order valence-corrected chi connectivity index (χ0v) is 12.2. The van der Waals surface area contributed by atoms with Gasteiger partial charge in [0.2, 0.25) is 0 Å². The lowest BCUT2D eigenvalue weighted by Gasteiger charge is -2.14. The Morgan fingerprint density at radius 3 is 2.65 bits per heavy atom. The van der Waals surface area contributed by atoms with E-state index in [1.54, 1.807) is 25.1 Å². The van der Waals surface area contributed by atoms with E-state index in [9.17, 15) is 9.50 Å². The fourth-order valence-electron chi connectivity index (χ4n) is 1.79. The van der Waals surface area contributed by atoms with Crippen molar-refractivity contribution < 1.29 is 14.2 Å². The number of benzene rings is 2. The molecule has 2 rings (SSSR count). The summed E-state index contributed by atoms with van der Waals surface area (Å²) in [6.45, 7) is 1.73. The molecular weight excluding hydrogens is 302 g/mol. The standard InChI is InChI=1S/C15H13Cl2FO2/c1-9(19)13-4-3-12(18)7-15(13)20-8-10-6-11(16)2-5-14(10)17/h2-7,9,19H,8H2,1H3. The Labute approximate surface area is 126 Å². The van der Waals surface area contributed by atoms with Gasteiger partial charge in [0.1, 0.15) is 18.2 Å². The van der Waals surface area contributed by atoms with E-state index < -0.39 is 11.9 Å². The summed E-state index contributed by atoms with van der Waals surface area (Å²) in [6, 6.07) is 9.04. The molecule has 0 saturated heterocycles. The number of ether oxygens (including phenoxy) is 1. The summed E-state index contributed by atoms with van der Waals surface area (Å²) in [6.07, 6.45) is -0.750. The largest absolute Gasteiger partial charge is 0.488 e. The van der Waals surface area contributed by atoms with E-state index in [2.05, 4.69) is 0 Å². The first-order valence-corrected chi connectivity index (χ1v) is 6.77. The fraction of sp³-hybridized carbons (Fsp3) is 0.200. The van der Waals surface area contributed by atoms with Crippen LogP contribution >= 0.6 is 23.2 Å². The van der Waals surface area contributed by atoms with Crippen molar-refractivity contribution in [3.63, 3.8) is 0 Å². The van der Waals surface area contributed by atoms with Crippen molar-refractivity contribution in [1.82, 2.24) is 0 Å². The summed E-state index contributed by atoms with van der Waals surface area (Å²) >= 11 is 11.9. The maximum Gasteiger partial charge on any atom is 0.128 e. The smallest absolute Gasteiger partial charge is 0.128 e. The van der Waals surface area contributed by atoms with Crippen LogP contribution in [0.2, 0.25) is 10.0 Å². The molecule has 0 radical (unpaired) electrons.